The van der Waals surface area contributed by atoms with Crippen molar-refractivity contribution < 1.29 is 9.13 Å². The molecule has 1 N–H and O–H groups in total. The summed E-state index contributed by atoms with van der Waals surface area (Å²) in [7, 11) is 0. The largest absolute Gasteiger partial charge is 0.456 e. The van der Waals surface area contributed by atoms with E-state index in [-0.39, 0.29) is 10.8 Å². The van der Waals surface area contributed by atoms with Crippen molar-refractivity contribution in [2.75, 3.05) is 0 Å². The first kappa shape index (κ1) is 13.4. The van der Waals surface area contributed by atoms with E-state index in [9.17, 15) is 4.39 Å². The molecular formula is C16H15ClFNO. The molecule has 0 spiro atoms. The molecule has 2 aromatic carbocycles. The average molecular weight is 292 g/mol. The molecule has 0 saturated heterocycles. The second kappa shape index (κ2) is 5.81. The minimum absolute atomic E-state index is 0.270. The molecule has 20 heavy (non-hydrogen) atoms. The van der Waals surface area contributed by atoms with Gasteiger partial charge in [-0.1, -0.05) is 23.7 Å². The highest BCUT2D eigenvalue weighted by atomic mass is 35.5. The highest BCUT2D eigenvalue weighted by Gasteiger charge is 2.19. The Morgan fingerprint density at radius 3 is 2.80 bits per heavy atom. The van der Waals surface area contributed by atoms with Gasteiger partial charge in [-0.25, -0.2) is 4.39 Å². The maximum absolute atomic E-state index is 13.0. The Bertz CT molecular complexity index is 613. The third-order valence-corrected chi connectivity index (χ3v) is 3.49. The standard InChI is InChI=1S/C16H15ClFNO/c17-15-9-12(18)4-7-16(15)20-14-3-1-2-11(8-14)10-19-13-5-6-13/h1-4,7-9,13,19H,5-6,10H2. The molecule has 4 heteroatoms. The molecule has 0 atom stereocenters. The number of hydrogen-bond donors (Lipinski definition) is 1. The zero-order valence-electron chi connectivity index (χ0n) is 10.9. The highest BCUT2D eigenvalue weighted by molar-refractivity contribution is 6.32. The number of benzene rings is 2. The van der Waals surface area contributed by atoms with Crippen LogP contribution in [0.4, 0.5) is 4.39 Å². The number of hydrogen-bond acceptors (Lipinski definition) is 2. The summed E-state index contributed by atoms with van der Waals surface area (Å²) in [6, 6.07) is 12.6. The maximum atomic E-state index is 13.0. The van der Waals surface area contributed by atoms with Gasteiger partial charge in [-0.3, -0.25) is 0 Å². The first-order valence-electron chi connectivity index (χ1n) is 6.66. The van der Waals surface area contributed by atoms with Crippen LogP contribution in [-0.4, -0.2) is 6.04 Å². The summed E-state index contributed by atoms with van der Waals surface area (Å²) >= 11 is 5.95. The van der Waals surface area contributed by atoms with Crippen LogP contribution in [0.25, 0.3) is 0 Å². The summed E-state index contributed by atoms with van der Waals surface area (Å²) in [6.07, 6.45) is 2.53. The summed E-state index contributed by atoms with van der Waals surface area (Å²) in [5, 5.41) is 3.72. The summed E-state index contributed by atoms with van der Waals surface area (Å²) in [5.74, 6) is 0.790. The summed E-state index contributed by atoms with van der Waals surface area (Å²) in [5.41, 5.74) is 1.16. The van der Waals surface area contributed by atoms with Crippen LogP contribution in [-0.2, 0) is 6.54 Å². The number of rotatable bonds is 5. The van der Waals surface area contributed by atoms with Crippen molar-refractivity contribution in [3.63, 3.8) is 0 Å². The van der Waals surface area contributed by atoms with E-state index in [1.54, 1.807) is 0 Å². The Morgan fingerprint density at radius 1 is 1.20 bits per heavy atom. The van der Waals surface area contributed by atoms with Crippen molar-refractivity contribution in [3.8, 4) is 11.5 Å². The van der Waals surface area contributed by atoms with E-state index < -0.39 is 0 Å². The van der Waals surface area contributed by atoms with Crippen molar-refractivity contribution in [1.29, 1.82) is 0 Å². The Morgan fingerprint density at radius 2 is 2.05 bits per heavy atom. The topological polar surface area (TPSA) is 21.3 Å². The molecular weight excluding hydrogens is 277 g/mol. The van der Waals surface area contributed by atoms with E-state index in [1.165, 1.54) is 31.0 Å². The molecule has 1 aliphatic rings. The molecule has 1 fully saturated rings. The normalized spacial score (nSPS) is 14.3. The predicted octanol–water partition coefficient (Wildman–Crippen LogP) is 4.52. The molecule has 3 rings (SSSR count). The van der Waals surface area contributed by atoms with Gasteiger partial charge in [-0.05, 0) is 48.7 Å². The van der Waals surface area contributed by atoms with Crippen LogP contribution in [0.1, 0.15) is 18.4 Å². The van der Waals surface area contributed by atoms with Crippen molar-refractivity contribution in [1.82, 2.24) is 5.32 Å². The molecule has 2 aromatic rings. The Kier molecular flexibility index (Phi) is 3.90. The van der Waals surface area contributed by atoms with E-state index >= 15 is 0 Å². The minimum atomic E-state index is -0.371. The average Bonchev–Trinajstić information content (AvgIpc) is 3.24. The van der Waals surface area contributed by atoms with Crippen LogP contribution in [0.15, 0.2) is 42.5 Å². The molecule has 0 aliphatic heterocycles. The Labute approximate surface area is 122 Å². The minimum Gasteiger partial charge on any atom is -0.456 e. The van der Waals surface area contributed by atoms with Crippen molar-refractivity contribution in [2.24, 2.45) is 0 Å². The zero-order chi connectivity index (χ0) is 13.9. The second-order valence-corrected chi connectivity index (χ2v) is 5.39. The predicted molar refractivity (Wildman–Crippen MR) is 77.8 cm³/mol. The van der Waals surface area contributed by atoms with Gasteiger partial charge >= 0.3 is 0 Å². The van der Waals surface area contributed by atoms with Gasteiger partial charge in [0.15, 0.2) is 0 Å². The van der Waals surface area contributed by atoms with Gasteiger partial charge in [0.2, 0.25) is 0 Å². The summed E-state index contributed by atoms with van der Waals surface area (Å²) < 4.78 is 18.7. The first-order chi connectivity index (χ1) is 9.70. The molecule has 104 valence electrons. The zero-order valence-corrected chi connectivity index (χ0v) is 11.7. The lowest BCUT2D eigenvalue weighted by atomic mass is 10.2. The van der Waals surface area contributed by atoms with E-state index in [0.717, 1.165) is 12.1 Å². The molecule has 0 radical (unpaired) electrons. The van der Waals surface area contributed by atoms with Crippen LogP contribution >= 0.6 is 11.6 Å². The number of ether oxygens (including phenoxy) is 1. The van der Waals surface area contributed by atoms with Crippen LogP contribution < -0.4 is 10.1 Å². The Balaban J connectivity index is 1.70. The van der Waals surface area contributed by atoms with Gasteiger partial charge in [-0.2, -0.15) is 0 Å². The summed E-state index contributed by atoms with van der Waals surface area (Å²) in [4.78, 5) is 0. The Hall–Kier alpha value is -1.58. The third kappa shape index (κ3) is 3.50. The first-order valence-corrected chi connectivity index (χ1v) is 7.04. The molecule has 1 saturated carbocycles. The lowest BCUT2D eigenvalue weighted by Gasteiger charge is -2.09. The second-order valence-electron chi connectivity index (χ2n) is 4.98. The van der Waals surface area contributed by atoms with Crippen molar-refractivity contribution in [2.45, 2.75) is 25.4 Å². The molecule has 0 unspecified atom stereocenters. The molecule has 0 heterocycles. The van der Waals surface area contributed by atoms with E-state index in [4.69, 9.17) is 16.3 Å². The van der Waals surface area contributed by atoms with Crippen LogP contribution in [0.2, 0.25) is 5.02 Å². The highest BCUT2D eigenvalue weighted by Crippen LogP contribution is 2.30. The van der Waals surface area contributed by atoms with Crippen LogP contribution in [0.3, 0.4) is 0 Å². The van der Waals surface area contributed by atoms with Crippen molar-refractivity contribution >= 4 is 11.6 Å². The third-order valence-electron chi connectivity index (χ3n) is 3.19. The molecule has 2 nitrogen and oxygen atoms in total. The maximum Gasteiger partial charge on any atom is 0.146 e. The SMILES string of the molecule is Fc1ccc(Oc2cccc(CNC3CC3)c2)c(Cl)c1. The van der Waals surface area contributed by atoms with E-state index in [1.807, 2.05) is 18.2 Å². The fraction of sp³-hybridized carbons (Fsp3) is 0.250. The van der Waals surface area contributed by atoms with Gasteiger partial charge in [0.25, 0.3) is 0 Å². The molecule has 1 aliphatic carbocycles. The van der Waals surface area contributed by atoms with Crippen LogP contribution in [0, 0.1) is 5.82 Å². The molecule has 0 bridgehead atoms. The van der Waals surface area contributed by atoms with E-state index in [2.05, 4.69) is 11.4 Å². The van der Waals surface area contributed by atoms with Crippen LogP contribution in [0.5, 0.6) is 11.5 Å². The monoisotopic (exact) mass is 291 g/mol. The lowest BCUT2D eigenvalue weighted by molar-refractivity contribution is 0.479. The molecule has 0 amide bonds. The van der Waals surface area contributed by atoms with Gasteiger partial charge in [0.1, 0.15) is 17.3 Å². The summed E-state index contributed by atoms with van der Waals surface area (Å²) in [6.45, 7) is 0.832. The van der Waals surface area contributed by atoms with Crippen molar-refractivity contribution in [3.05, 3.63) is 58.9 Å². The fourth-order valence-electron chi connectivity index (χ4n) is 1.95. The van der Waals surface area contributed by atoms with Gasteiger partial charge in [-0.15, -0.1) is 0 Å². The van der Waals surface area contributed by atoms with Gasteiger partial charge < -0.3 is 10.1 Å². The quantitative estimate of drug-likeness (QED) is 0.874. The smallest absolute Gasteiger partial charge is 0.146 e. The van der Waals surface area contributed by atoms with Gasteiger partial charge in [0, 0.05) is 12.6 Å². The fourth-order valence-corrected chi connectivity index (χ4v) is 2.16. The van der Waals surface area contributed by atoms with Gasteiger partial charge in [0.05, 0.1) is 5.02 Å². The molecule has 0 aromatic heterocycles. The number of nitrogens with one attached hydrogen (secondary N) is 1. The lowest BCUT2D eigenvalue weighted by Crippen LogP contribution is -2.15. The number of halogens is 2. The van der Waals surface area contributed by atoms with E-state index in [0.29, 0.717) is 17.5 Å².